The molecule has 0 amide bonds. The molecule has 12 heavy (non-hydrogen) atoms. The summed E-state index contributed by atoms with van der Waals surface area (Å²) < 4.78 is 0.507. The van der Waals surface area contributed by atoms with E-state index in [1.165, 1.54) is 12.3 Å². The van der Waals surface area contributed by atoms with Gasteiger partial charge in [-0.25, -0.2) is 0 Å². The van der Waals surface area contributed by atoms with Gasteiger partial charge in [-0.1, -0.05) is 0 Å². The SMILES string of the molecule is Cc1cc[n+](O)c(Cl)c1[N+](=O)[O-]. The lowest BCUT2D eigenvalue weighted by molar-refractivity contribution is -0.903. The van der Waals surface area contributed by atoms with Gasteiger partial charge in [0.05, 0.1) is 4.92 Å². The highest BCUT2D eigenvalue weighted by atomic mass is 35.5. The number of rotatable bonds is 1. The van der Waals surface area contributed by atoms with Crippen LogP contribution in [0.5, 0.6) is 0 Å². The minimum atomic E-state index is -0.635. The van der Waals surface area contributed by atoms with E-state index in [0.717, 1.165) is 0 Å². The molecule has 0 fully saturated rings. The second-order valence-corrected chi connectivity index (χ2v) is 2.60. The van der Waals surface area contributed by atoms with Gasteiger partial charge in [0.1, 0.15) is 0 Å². The predicted molar refractivity (Wildman–Crippen MR) is 40.2 cm³/mol. The van der Waals surface area contributed by atoms with E-state index >= 15 is 0 Å². The molecule has 0 saturated heterocycles. The smallest absolute Gasteiger partial charge is 0.283 e. The normalized spacial score (nSPS) is 9.83. The van der Waals surface area contributed by atoms with Gasteiger partial charge >= 0.3 is 10.8 Å². The zero-order valence-electron chi connectivity index (χ0n) is 6.19. The van der Waals surface area contributed by atoms with Crippen LogP contribution in [0.1, 0.15) is 5.56 Å². The van der Waals surface area contributed by atoms with Crippen molar-refractivity contribution in [3.63, 3.8) is 0 Å². The van der Waals surface area contributed by atoms with Gasteiger partial charge < -0.3 is 0 Å². The molecule has 0 aliphatic carbocycles. The lowest BCUT2D eigenvalue weighted by Gasteiger charge is -1.93. The van der Waals surface area contributed by atoms with E-state index < -0.39 is 4.92 Å². The van der Waals surface area contributed by atoms with E-state index in [1.807, 2.05) is 0 Å². The van der Waals surface area contributed by atoms with Gasteiger partial charge in [-0.05, 0) is 6.92 Å². The zero-order valence-corrected chi connectivity index (χ0v) is 6.95. The van der Waals surface area contributed by atoms with Crippen LogP contribution in [0, 0.1) is 17.0 Å². The first-order valence-electron chi connectivity index (χ1n) is 3.08. The Labute approximate surface area is 72.9 Å². The first-order valence-corrected chi connectivity index (χ1v) is 3.46. The fourth-order valence-electron chi connectivity index (χ4n) is 0.817. The van der Waals surface area contributed by atoms with Crippen molar-refractivity contribution in [2.24, 2.45) is 0 Å². The summed E-state index contributed by atoms with van der Waals surface area (Å²) in [5.41, 5.74) is 0.136. The number of halogens is 1. The van der Waals surface area contributed by atoms with E-state index in [4.69, 9.17) is 16.8 Å². The third-order valence-corrected chi connectivity index (χ3v) is 1.77. The molecule has 5 nitrogen and oxygen atoms in total. The summed E-state index contributed by atoms with van der Waals surface area (Å²) in [6.45, 7) is 1.55. The molecule has 6 heteroatoms. The first kappa shape index (κ1) is 8.73. The van der Waals surface area contributed by atoms with Crippen LogP contribution < -0.4 is 4.73 Å². The standard InChI is InChI=1S/C6H6ClN2O3/c1-4-2-3-8(10)6(7)5(4)9(11)12/h2-3,10H,1H3/q+1. The van der Waals surface area contributed by atoms with Crippen molar-refractivity contribution in [1.29, 1.82) is 0 Å². The van der Waals surface area contributed by atoms with Gasteiger partial charge in [-0.2, -0.15) is 0 Å². The first-order chi connectivity index (χ1) is 5.54. The van der Waals surface area contributed by atoms with Crippen LogP contribution in [0.4, 0.5) is 5.69 Å². The quantitative estimate of drug-likeness (QED) is 0.236. The number of pyridine rings is 1. The molecule has 1 aromatic rings. The van der Waals surface area contributed by atoms with Crippen LogP contribution in [0.3, 0.4) is 0 Å². The zero-order chi connectivity index (χ0) is 9.30. The minimum Gasteiger partial charge on any atom is -0.283 e. The fourth-order valence-corrected chi connectivity index (χ4v) is 1.09. The highest BCUT2D eigenvalue weighted by Crippen LogP contribution is 2.23. The monoisotopic (exact) mass is 189 g/mol. The van der Waals surface area contributed by atoms with Crippen LogP contribution >= 0.6 is 11.6 Å². The molecular weight excluding hydrogens is 184 g/mol. The van der Waals surface area contributed by atoms with Crippen molar-refractivity contribution in [3.8, 4) is 0 Å². The second-order valence-electron chi connectivity index (χ2n) is 2.24. The summed E-state index contributed by atoms with van der Waals surface area (Å²) in [6.07, 6.45) is 1.24. The topological polar surface area (TPSA) is 67.2 Å². The summed E-state index contributed by atoms with van der Waals surface area (Å²) in [6, 6.07) is 1.41. The molecule has 1 N–H and O–H groups in total. The molecule has 0 bridgehead atoms. The Morgan fingerprint density at radius 2 is 2.33 bits per heavy atom. The third kappa shape index (κ3) is 1.31. The van der Waals surface area contributed by atoms with Gasteiger partial charge in [0.2, 0.25) is 6.20 Å². The summed E-state index contributed by atoms with van der Waals surface area (Å²) in [5.74, 6) is 0. The maximum Gasteiger partial charge on any atom is 0.402 e. The third-order valence-electron chi connectivity index (χ3n) is 1.42. The molecule has 0 aliphatic rings. The van der Waals surface area contributed by atoms with Crippen molar-refractivity contribution in [2.75, 3.05) is 0 Å². The Hall–Kier alpha value is -1.36. The number of nitro groups is 1. The molecule has 0 radical (unpaired) electrons. The van der Waals surface area contributed by atoms with E-state index in [-0.39, 0.29) is 10.8 Å². The van der Waals surface area contributed by atoms with Crippen LogP contribution in [-0.2, 0) is 0 Å². The summed E-state index contributed by atoms with van der Waals surface area (Å²) in [4.78, 5) is 9.76. The number of hydrogen-bond donors (Lipinski definition) is 1. The fraction of sp³-hybridized carbons (Fsp3) is 0.167. The van der Waals surface area contributed by atoms with Crippen LogP contribution in [0.25, 0.3) is 0 Å². The predicted octanol–water partition coefficient (Wildman–Crippen LogP) is 1.08. The largest absolute Gasteiger partial charge is 0.402 e. The number of aromatic nitrogens is 1. The lowest BCUT2D eigenvalue weighted by Crippen LogP contribution is -2.31. The molecule has 0 aliphatic heterocycles. The van der Waals surface area contributed by atoms with E-state index in [2.05, 4.69) is 0 Å². The van der Waals surface area contributed by atoms with Crippen molar-refractivity contribution in [2.45, 2.75) is 6.92 Å². The summed E-state index contributed by atoms with van der Waals surface area (Å²) in [7, 11) is 0. The molecule has 0 atom stereocenters. The van der Waals surface area contributed by atoms with Crippen molar-refractivity contribution < 1.29 is 14.9 Å². The highest BCUT2D eigenvalue weighted by Gasteiger charge is 2.26. The van der Waals surface area contributed by atoms with Crippen LogP contribution in [-0.4, -0.2) is 10.1 Å². The lowest BCUT2D eigenvalue weighted by atomic mass is 10.2. The summed E-state index contributed by atoms with van der Waals surface area (Å²) in [5, 5.41) is 19.1. The molecule has 1 heterocycles. The van der Waals surface area contributed by atoms with E-state index in [9.17, 15) is 10.1 Å². The maximum atomic E-state index is 10.4. The molecule has 1 rings (SSSR count). The highest BCUT2D eigenvalue weighted by molar-refractivity contribution is 6.30. The average Bonchev–Trinajstić information content (AvgIpc) is 1.97. The Morgan fingerprint density at radius 3 is 2.75 bits per heavy atom. The van der Waals surface area contributed by atoms with Crippen LogP contribution in [0.2, 0.25) is 5.15 Å². The number of aryl methyl sites for hydroxylation is 1. The van der Waals surface area contributed by atoms with Crippen molar-refractivity contribution in [3.05, 3.63) is 33.1 Å². The summed E-state index contributed by atoms with van der Waals surface area (Å²) >= 11 is 5.46. The number of nitrogens with zero attached hydrogens (tertiary/aromatic N) is 2. The van der Waals surface area contributed by atoms with Gasteiger partial charge in [-0.15, -0.1) is 0 Å². The van der Waals surface area contributed by atoms with Gasteiger partial charge in [-0.3, -0.25) is 15.3 Å². The second kappa shape index (κ2) is 2.94. The van der Waals surface area contributed by atoms with Crippen molar-refractivity contribution in [1.82, 2.24) is 0 Å². The Balaban J connectivity index is 3.43. The Bertz CT molecular complexity index is 340. The molecule has 0 aromatic carbocycles. The molecule has 0 saturated carbocycles. The van der Waals surface area contributed by atoms with Gasteiger partial charge in [0, 0.05) is 28.0 Å². The van der Waals surface area contributed by atoms with E-state index in [0.29, 0.717) is 10.3 Å². The minimum absolute atomic E-state index is 0.276. The van der Waals surface area contributed by atoms with Crippen molar-refractivity contribution >= 4 is 17.3 Å². The number of hydrogen-bond acceptors (Lipinski definition) is 3. The average molecular weight is 190 g/mol. The molecule has 64 valence electrons. The van der Waals surface area contributed by atoms with Crippen LogP contribution in [0.15, 0.2) is 12.3 Å². The molecule has 0 unspecified atom stereocenters. The van der Waals surface area contributed by atoms with Gasteiger partial charge in [0.25, 0.3) is 0 Å². The van der Waals surface area contributed by atoms with Gasteiger partial charge in [0.15, 0.2) is 0 Å². The Morgan fingerprint density at radius 1 is 1.75 bits per heavy atom. The maximum absolute atomic E-state index is 10.4. The Kier molecular flexibility index (Phi) is 2.14. The molecule has 0 spiro atoms. The molecule has 1 aromatic heterocycles. The van der Waals surface area contributed by atoms with E-state index in [1.54, 1.807) is 6.92 Å². The molecular formula is C6H6ClN2O3+.